The molecule has 0 amide bonds. The third-order valence-corrected chi connectivity index (χ3v) is 8.92. The lowest BCUT2D eigenvalue weighted by molar-refractivity contribution is 0.419. The van der Waals surface area contributed by atoms with Gasteiger partial charge in [-0.1, -0.05) is 18.2 Å². The van der Waals surface area contributed by atoms with Crippen molar-refractivity contribution in [2.24, 2.45) is 0 Å². The monoisotopic (exact) mass is 585 g/mol. The topological polar surface area (TPSA) is 160 Å². The number of aromatic amines is 3. The van der Waals surface area contributed by atoms with Crippen molar-refractivity contribution in [3.63, 3.8) is 0 Å². The van der Waals surface area contributed by atoms with Crippen LogP contribution in [-0.4, -0.2) is 44.7 Å². The summed E-state index contributed by atoms with van der Waals surface area (Å²) in [5.74, 6) is 0.921. The van der Waals surface area contributed by atoms with Crippen molar-refractivity contribution in [2.75, 3.05) is 21.3 Å². The molecule has 0 spiro atoms. The number of H-pyrrole nitrogens is 3. The highest BCUT2D eigenvalue weighted by atomic mass is 32.2. The van der Waals surface area contributed by atoms with Crippen molar-refractivity contribution in [2.45, 2.75) is 9.79 Å². The normalized spacial score (nSPS) is 11.7. The molecule has 0 fully saturated rings. The van der Waals surface area contributed by atoms with Crippen LogP contribution in [0.1, 0.15) is 0 Å². The molecule has 0 bridgehead atoms. The zero-order valence-corrected chi connectivity index (χ0v) is 23.3. The highest BCUT2D eigenvalue weighted by Crippen LogP contribution is 2.39. The summed E-state index contributed by atoms with van der Waals surface area (Å²) in [4.78, 5) is 46.9. The van der Waals surface area contributed by atoms with E-state index in [1.807, 2.05) is 0 Å². The summed E-state index contributed by atoms with van der Waals surface area (Å²) >= 11 is 0. The zero-order chi connectivity index (χ0) is 29.8. The van der Waals surface area contributed by atoms with E-state index < -0.39 is 36.3 Å². The van der Waals surface area contributed by atoms with Gasteiger partial charge in [0.25, 0.3) is 16.7 Å². The molecule has 3 aromatic carbocycles. The summed E-state index contributed by atoms with van der Waals surface area (Å²) in [6.07, 6.45) is 0. The van der Waals surface area contributed by atoms with E-state index in [1.165, 1.54) is 27.4 Å². The van der Waals surface area contributed by atoms with Gasteiger partial charge in [0.05, 0.1) is 43.4 Å². The molecule has 0 aliphatic rings. The predicted octanol–water partition coefficient (Wildman–Crippen LogP) is 3.74. The van der Waals surface area contributed by atoms with Crippen molar-refractivity contribution >= 4 is 42.5 Å². The maximum Gasteiger partial charge on any atom is 0.268 e. The molecule has 0 saturated heterocycles. The maximum atomic E-state index is 14.4. The first kappa shape index (κ1) is 26.8. The standard InChI is InChI=1S/C30H23N3O8S/c1-39-21-10-4-7-18-15(21)13-17(28(34)31-18)25-26-20(9-6-12-23(26)41-3)33-30(36)27(25)42(37,38)24-14-16-19(32-29(24)35)8-5-11-22(16)40-2/h4-14H,1-3H3,(H,31,34)(H,32,35)(H,33,36). The highest BCUT2D eigenvalue weighted by Gasteiger charge is 2.33. The second kappa shape index (κ2) is 9.93. The van der Waals surface area contributed by atoms with Crippen LogP contribution in [0.3, 0.4) is 0 Å². The van der Waals surface area contributed by atoms with E-state index in [4.69, 9.17) is 14.2 Å². The van der Waals surface area contributed by atoms with Gasteiger partial charge in [0.1, 0.15) is 27.0 Å². The van der Waals surface area contributed by atoms with E-state index >= 15 is 0 Å². The van der Waals surface area contributed by atoms with Crippen LogP contribution in [0.25, 0.3) is 43.8 Å². The molecule has 212 valence electrons. The number of sulfone groups is 1. The first-order valence-electron chi connectivity index (χ1n) is 12.6. The van der Waals surface area contributed by atoms with E-state index in [0.717, 1.165) is 6.07 Å². The summed E-state index contributed by atoms with van der Waals surface area (Å²) in [6.45, 7) is 0. The number of ether oxygens (including phenoxy) is 3. The van der Waals surface area contributed by atoms with E-state index in [0.29, 0.717) is 33.3 Å². The lowest BCUT2D eigenvalue weighted by Gasteiger charge is -2.16. The van der Waals surface area contributed by atoms with Crippen molar-refractivity contribution in [1.29, 1.82) is 0 Å². The second-order valence-corrected chi connectivity index (χ2v) is 11.2. The van der Waals surface area contributed by atoms with Crippen LogP contribution in [-0.2, 0) is 9.84 Å². The number of methoxy groups -OCH3 is 3. The quantitative estimate of drug-likeness (QED) is 0.267. The minimum atomic E-state index is -4.88. The maximum absolute atomic E-state index is 14.4. The molecule has 3 aromatic heterocycles. The molecule has 6 aromatic rings. The minimum Gasteiger partial charge on any atom is -0.496 e. The molecule has 42 heavy (non-hydrogen) atoms. The van der Waals surface area contributed by atoms with Gasteiger partial charge in [-0.05, 0) is 48.5 Å². The molecular formula is C30H23N3O8S. The van der Waals surface area contributed by atoms with E-state index in [2.05, 4.69) is 15.0 Å². The lowest BCUT2D eigenvalue weighted by atomic mass is 10.00. The fourth-order valence-corrected chi connectivity index (χ4v) is 6.78. The molecule has 0 atom stereocenters. The van der Waals surface area contributed by atoms with Gasteiger partial charge in [-0.2, -0.15) is 0 Å². The Balaban J connectivity index is 1.80. The fourth-order valence-electron chi connectivity index (χ4n) is 5.22. The summed E-state index contributed by atoms with van der Waals surface area (Å²) < 4.78 is 45.2. The summed E-state index contributed by atoms with van der Waals surface area (Å²) in [5.41, 5.74) is -2.00. The molecule has 12 heteroatoms. The van der Waals surface area contributed by atoms with Crippen molar-refractivity contribution < 1.29 is 22.6 Å². The largest absolute Gasteiger partial charge is 0.496 e. The third kappa shape index (κ3) is 4.03. The zero-order valence-electron chi connectivity index (χ0n) is 22.5. The van der Waals surface area contributed by atoms with Gasteiger partial charge in [-0.3, -0.25) is 14.4 Å². The Bertz CT molecular complexity index is 2350. The molecule has 0 aliphatic heterocycles. The Morgan fingerprint density at radius 2 is 1.10 bits per heavy atom. The minimum absolute atomic E-state index is 0.138. The summed E-state index contributed by atoms with van der Waals surface area (Å²) in [7, 11) is -0.630. The summed E-state index contributed by atoms with van der Waals surface area (Å²) in [5, 5.41) is 0.935. The molecule has 0 unspecified atom stereocenters. The van der Waals surface area contributed by atoms with Gasteiger partial charge >= 0.3 is 0 Å². The number of fused-ring (bicyclic) bond motifs is 3. The van der Waals surface area contributed by atoms with Crippen LogP contribution in [0.2, 0.25) is 0 Å². The van der Waals surface area contributed by atoms with Gasteiger partial charge in [0.15, 0.2) is 0 Å². The van der Waals surface area contributed by atoms with E-state index in [9.17, 15) is 22.8 Å². The molecule has 0 aliphatic carbocycles. The van der Waals surface area contributed by atoms with E-state index in [-0.39, 0.29) is 27.8 Å². The highest BCUT2D eigenvalue weighted by molar-refractivity contribution is 7.91. The molecule has 0 saturated carbocycles. The van der Waals surface area contributed by atoms with Gasteiger partial charge < -0.3 is 29.2 Å². The average Bonchev–Trinajstić information content (AvgIpc) is 2.98. The number of nitrogens with one attached hydrogen (secondary N) is 3. The number of benzene rings is 3. The second-order valence-electron chi connectivity index (χ2n) is 9.36. The average molecular weight is 586 g/mol. The Morgan fingerprint density at radius 3 is 1.69 bits per heavy atom. The Labute approximate surface area is 237 Å². The number of hydrogen-bond donors (Lipinski definition) is 3. The predicted molar refractivity (Wildman–Crippen MR) is 158 cm³/mol. The van der Waals surface area contributed by atoms with Crippen LogP contribution < -0.4 is 30.9 Å². The van der Waals surface area contributed by atoms with Gasteiger partial charge in [-0.25, -0.2) is 8.42 Å². The first-order chi connectivity index (χ1) is 20.2. The SMILES string of the molecule is COc1cccc2[nH]c(=O)c(-c3c(S(=O)(=O)c4cc5c(OC)cccc5[nH]c4=O)c(=O)[nH]c4cccc(OC)c34)cc12. The van der Waals surface area contributed by atoms with Crippen molar-refractivity contribution in [3.05, 3.63) is 97.8 Å². The van der Waals surface area contributed by atoms with Crippen molar-refractivity contribution in [1.82, 2.24) is 15.0 Å². The van der Waals surface area contributed by atoms with Crippen LogP contribution >= 0.6 is 0 Å². The molecular weight excluding hydrogens is 562 g/mol. The number of aromatic nitrogens is 3. The third-order valence-electron chi connectivity index (χ3n) is 7.11. The fraction of sp³-hybridized carbons (Fsp3) is 0.100. The van der Waals surface area contributed by atoms with Crippen LogP contribution in [0.4, 0.5) is 0 Å². The van der Waals surface area contributed by atoms with Gasteiger partial charge in [-0.15, -0.1) is 0 Å². The van der Waals surface area contributed by atoms with Crippen LogP contribution in [0, 0.1) is 0 Å². The Hall–Kier alpha value is -5.36. The van der Waals surface area contributed by atoms with Gasteiger partial charge in [0, 0.05) is 21.7 Å². The Morgan fingerprint density at radius 1 is 0.595 bits per heavy atom. The molecule has 6 rings (SSSR count). The van der Waals surface area contributed by atoms with Gasteiger partial charge in [0.2, 0.25) is 9.84 Å². The van der Waals surface area contributed by atoms with E-state index in [1.54, 1.807) is 54.6 Å². The number of pyridine rings is 3. The van der Waals surface area contributed by atoms with Crippen molar-refractivity contribution in [3.8, 4) is 28.4 Å². The first-order valence-corrected chi connectivity index (χ1v) is 14.1. The number of hydrogen-bond acceptors (Lipinski definition) is 8. The Kier molecular flexibility index (Phi) is 6.34. The molecule has 11 nitrogen and oxygen atoms in total. The summed E-state index contributed by atoms with van der Waals surface area (Å²) in [6, 6.07) is 17.2. The smallest absolute Gasteiger partial charge is 0.268 e. The van der Waals surface area contributed by atoms with Crippen LogP contribution in [0.5, 0.6) is 17.2 Å². The van der Waals surface area contributed by atoms with Crippen LogP contribution in [0.15, 0.2) is 90.9 Å². The molecule has 3 heterocycles. The molecule has 0 radical (unpaired) electrons. The lowest BCUT2D eigenvalue weighted by Crippen LogP contribution is -2.26. The molecule has 3 N–H and O–H groups in total. The number of rotatable bonds is 6.